The summed E-state index contributed by atoms with van der Waals surface area (Å²) in [7, 11) is -3.06. The Morgan fingerprint density at radius 1 is 1.50 bits per heavy atom. The quantitative estimate of drug-likeness (QED) is 0.910. The zero-order valence-corrected chi connectivity index (χ0v) is 11.4. The molecule has 1 heterocycles. The Morgan fingerprint density at radius 3 is 2.72 bits per heavy atom. The summed E-state index contributed by atoms with van der Waals surface area (Å²) in [6, 6.07) is 2.63. The summed E-state index contributed by atoms with van der Waals surface area (Å²) in [5, 5.41) is 10.3. The topological polar surface area (TPSA) is 54.4 Å². The summed E-state index contributed by atoms with van der Waals surface area (Å²) in [4.78, 5) is 0. The minimum absolute atomic E-state index is 0.0408. The Hall–Kier alpha value is -0.650. The molecule has 1 saturated heterocycles. The number of aliphatic hydroxyl groups is 1. The van der Waals surface area contributed by atoms with E-state index in [9.17, 15) is 17.9 Å². The van der Waals surface area contributed by atoms with Gasteiger partial charge in [-0.2, -0.15) is 0 Å². The highest BCUT2D eigenvalue weighted by atomic mass is 35.5. The lowest BCUT2D eigenvalue weighted by Crippen LogP contribution is -2.15. The van der Waals surface area contributed by atoms with Crippen LogP contribution in [0, 0.1) is 18.7 Å². The van der Waals surface area contributed by atoms with Gasteiger partial charge in [0.2, 0.25) is 0 Å². The van der Waals surface area contributed by atoms with Crippen molar-refractivity contribution < 1.29 is 17.9 Å². The number of aryl methyl sites for hydroxylation is 1. The van der Waals surface area contributed by atoms with Crippen LogP contribution in [0.2, 0.25) is 5.02 Å². The molecule has 3 nitrogen and oxygen atoms in total. The number of hydrogen-bond acceptors (Lipinski definition) is 3. The van der Waals surface area contributed by atoms with E-state index >= 15 is 0 Å². The molecule has 6 heteroatoms. The summed E-state index contributed by atoms with van der Waals surface area (Å²) in [6.07, 6.45) is -0.551. The van der Waals surface area contributed by atoms with Crippen LogP contribution in [-0.4, -0.2) is 25.0 Å². The Kier molecular flexibility index (Phi) is 3.67. The lowest BCUT2D eigenvalue weighted by atomic mass is 9.94. The van der Waals surface area contributed by atoms with E-state index in [4.69, 9.17) is 11.6 Å². The van der Waals surface area contributed by atoms with Gasteiger partial charge >= 0.3 is 0 Å². The molecule has 0 aromatic heterocycles. The standard InChI is InChI=1S/C12H14ClFO3S/c1-7-4-9(10(13)5-11(7)14)12(15)8-2-3-18(16,17)6-8/h4-5,8,12,15H,2-3,6H2,1H3. The van der Waals surface area contributed by atoms with Gasteiger partial charge in [-0.15, -0.1) is 0 Å². The summed E-state index contributed by atoms with van der Waals surface area (Å²) in [5.41, 5.74) is 0.784. The van der Waals surface area contributed by atoms with Crippen LogP contribution < -0.4 is 0 Å². The molecule has 18 heavy (non-hydrogen) atoms. The van der Waals surface area contributed by atoms with E-state index in [2.05, 4.69) is 0 Å². The number of hydrogen-bond donors (Lipinski definition) is 1. The summed E-state index contributed by atoms with van der Waals surface area (Å²) in [6.45, 7) is 1.58. The molecule has 1 N–H and O–H groups in total. The third-order valence-electron chi connectivity index (χ3n) is 3.31. The molecule has 0 radical (unpaired) electrons. The fourth-order valence-electron chi connectivity index (χ4n) is 2.23. The monoisotopic (exact) mass is 292 g/mol. The molecule has 0 bridgehead atoms. The molecule has 1 aromatic carbocycles. The van der Waals surface area contributed by atoms with E-state index in [0.717, 1.165) is 6.07 Å². The van der Waals surface area contributed by atoms with Crippen molar-refractivity contribution in [2.75, 3.05) is 11.5 Å². The molecule has 0 aliphatic carbocycles. The highest BCUT2D eigenvalue weighted by Gasteiger charge is 2.34. The normalized spacial score (nSPS) is 24.1. The van der Waals surface area contributed by atoms with Gasteiger partial charge in [0.15, 0.2) is 9.84 Å². The molecule has 2 atom stereocenters. The van der Waals surface area contributed by atoms with Gasteiger partial charge in [-0.3, -0.25) is 0 Å². The molecule has 0 amide bonds. The van der Waals surface area contributed by atoms with Crippen molar-refractivity contribution in [2.24, 2.45) is 5.92 Å². The van der Waals surface area contributed by atoms with Crippen LogP contribution in [0.25, 0.3) is 0 Å². The van der Waals surface area contributed by atoms with Gasteiger partial charge in [-0.1, -0.05) is 11.6 Å². The lowest BCUT2D eigenvalue weighted by Gasteiger charge is -2.19. The average molecular weight is 293 g/mol. The summed E-state index contributed by atoms with van der Waals surface area (Å²) in [5.74, 6) is -0.750. The minimum atomic E-state index is -3.06. The fourth-order valence-corrected chi connectivity index (χ4v) is 4.32. The zero-order valence-electron chi connectivity index (χ0n) is 9.86. The second-order valence-corrected chi connectivity index (χ2v) is 7.37. The second kappa shape index (κ2) is 4.79. The number of aliphatic hydroxyl groups excluding tert-OH is 1. The maximum atomic E-state index is 13.3. The van der Waals surface area contributed by atoms with Crippen molar-refractivity contribution in [3.63, 3.8) is 0 Å². The SMILES string of the molecule is Cc1cc(C(O)C2CCS(=O)(=O)C2)c(Cl)cc1F. The molecule has 0 saturated carbocycles. The van der Waals surface area contributed by atoms with Crippen LogP contribution in [0.3, 0.4) is 0 Å². The first kappa shape index (κ1) is 13.8. The van der Waals surface area contributed by atoms with Crippen molar-refractivity contribution in [2.45, 2.75) is 19.4 Å². The van der Waals surface area contributed by atoms with Crippen molar-refractivity contribution in [1.29, 1.82) is 0 Å². The Bertz CT molecular complexity index is 571. The van der Waals surface area contributed by atoms with E-state index in [1.54, 1.807) is 6.92 Å². The number of rotatable bonds is 2. The fraction of sp³-hybridized carbons (Fsp3) is 0.500. The molecule has 2 unspecified atom stereocenters. The summed E-state index contributed by atoms with van der Waals surface area (Å²) < 4.78 is 36.0. The van der Waals surface area contributed by atoms with Crippen molar-refractivity contribution >= 4 is 21.4 Å². The average Bonchev–Trinajstić information content (AvgIpc) is 2.63. The van der Waals surface area contributed by atoms with Crippen LogP contribution in [0.5, 0.6) is 0 Å². The summed E-state index contributed by atoms with van der Waals surface area (Å²) >= 11 is 5.90. The Balaban J connectivity index is 2.30. The molecule has 1 aliphatic rings. The van der Waals surface area contributed by atoms with Gasteiger partial charge in [0.25, 0.3) is 0 Å². The van der Waals surface area contributed by atoms with Crippen molar-refractivity contribution in [3.8, 4) is 0 Å². The van der Waals surface area contributed by atoms with Gasteiger partial charge in [-0.25, -0.2) is 12.8 Å². The maximum absolute atomic E-state index is 13.3. The largest absolute Gasteiger partial charge is 0.388 e. The van der Waals surface area contributed by atoms with Gasteiger partial charge < -0.3 is 5.11 Å². The second-order valence-electron chi connectivity index (χ2n) is 4.73. The molecule has 100 valence electrons. The predicted molar refractivity (Wildman–Crippen MR) is 67.9 cm³/mol. The lowest BCUT2D eigenvalue weighted by molar-refractivity contribution is 0.121. The molecule has 1 fully saturated rings. The third-order valence-corrected chi connectivity index (χ3v) is 5.43. The van der Waals surface area contributed by atoms with Crippen LogP contribution in [0.15, 0.2) is 12.1 Å². The first-order chi connectivity index (χ1) is 8.30. The van der Waals surface area contributed by atoms with Crippen molar-refractivity contribution in [3.05, 3.63) is 34.1 Å². The van der Waals surface area contributed by atoms with Gasteiger partial charge in [0.1, 0.15) is 5.82 Å². The number of benzene rings is 1. The molecular formula is C12H14ClFO3S. The van der Waals surface area contributed by atoms with Crippen LogP contribution in [0.4, 0.5) is 4.39 Å². The van der Waals surface area contributed by atoms with E-state index in [-0.39, 0.29) is 22.4 Å². The van der Waals surface area contributed by atoms with Crippen LogP contribution >= 0.6 is 11.6 Å². The van der Waals surface area contributed by atoms with E-state index in [0.29, 0.717) is 17.5 Å². The molecule has 2 rings (SSSR count). The molecule has 0 spiro atoms. The Labute approximate surface area is 111 Å². The number of sulfone groups is 1. The molecule has 1 aliphatic heterocycles. The van der Waals surface area contributed by atoms with Crippen molar-refractivity contribution in [1.82, 2.24) is 0 Å². The molecular weight excluding hydrogens is 279 g/mol. The maximum Gasteiger partial charge on any atom is 0.150 e. The van der Waals surface area contributed by atoms with Gasteiger partial charge in [0, 0.05) is 10.9 Å². The van der Waals surface area contributed by atoms with E-state index < -0.39 is 21.8 Å². The van der Waals surface area contributed by atoms with Gasteiger partial charge in [-0.05, 0) is 36.6 Å². The highest BCUT2D eigenvalue weighted by molar-refractivity contribution is 7.91. The number of halogens is 2. The first-order valence-electron chi connectivity index (χ1n) is 5.64. The van der Waals surface area contributed by atoms with E-state index in [1.165, 1.54) is 6.07 Å². The smallest absolute Gasteiger partial charge is 0.150 e. The van der Waals surface area contributed by atoms with Crippen LogP contribution in [-0.2, 0) is 9.84 Å². The highest BCUT2D eigenvalue weighted by Crippen LogP contribution is 2.35. The first-order valence-corrected chi connectivity index (χ1v) is 7.84. The van der Waals surface area contributed by atoms with Gasteiger partial charge in [0.05, 0.1) is 17.6 Å². The predicted octanol–water partition coefficient (Wildman–Crippen LogP) is 2.26. The zero-order chi connectivity index (χ0) is 13.5. The molecule has 1 aromatic rings. The van der Waals surface area contributed by atoms with Crippen LogP contribution in [0.1, 0.15) is 23.7 Å². The minimum Gasteiger partial charge on any atom is -0.388 e. The third kappa shape index (κ3) is 2.68. The van der Waals surface area contributed by atoms with E-state index in [1.807, 2.05) is 0 Å². The Morgan fingerprint density at radius 2 is 2.17 bits per heavy atom.